The van der Waals surface area contributed by atoms with Crippen LogP contribution in [0.1, 0.15) is 61.9 Å². The molecule has 0 saturated carbocycles. The molecule has 1 aliphatic heterocycles. The van der Waals surface area contributed by atoms with Crippen LogP contribution in [0.25, 0.3) is 0 Å². The second-order valence-electron chi connectivity index (χ2n) is 6.64. The van der Waals surface area contributed by atoms with Crippen LogP contribution in [0.4, 0.5) is 0 Å². The van der Waals surface area contributed by atoms with Crippen molar-refractivity contribution < 1.29 is 9.59 Å². The Morgan fingerprint density at radius 1 is 1.16 bits per heavy atom. The van der Waals surface area contributed by atoms with E-state index in [9.17, 15) is 9.59 Å². The normalized spacial score (nSPS) is 19.9. The van der Waals surface area contributed by atoms with Crippen LogP contribution < -0.4 is 5.32 Å². The average molecular weight is 363 g/mol. The van der Waals surface area contributed by atoms with E-state index < -0.39 is 0 Å². The third-order valence-electron chi connectivity index (χ3n) is 4.61. The lowest BCUT2D eigenvalue weighted by molar-refractivity contribution is -0.124. The summed E-state index contributed by atoms with van der Waals surface area (Å²) in [6.07, 6.45) is 5.38. The fraction of sp³-hybridized carbons (Fsp3) is 0.600. The van der Waals surface area contributed by atoms with E-state index in [-0.39, 0.29) is 23.2 Å². The fourth-order valence-electron chi connectivity index (χ4n) is 3.08. The van der Waals surface area contributed by atoms with Crippen molar-refractivity contribution in [2.45, 2.75) is 64.3 Å². The Labute approximate surface area is 155 Å². The SMILES string of the molecule is CCCCCCNC(=O)C1CSC(CC)N1C(=O)c1ccc(C)cc1. The second kappa shape index (κ2) is 9.85. The van der Waals surface area contributed by atoms with Gasteiger partial charge in [-0.05, 0) is 31.9 Å². The van der Waals surface area contributed by atoms with Crippen molar-refractivity contribution in [3.8, 4) is 0 Å². The Morgan fingerprint density at radius 3 is 2.52 bits per heavy atom. The maximum atomic E-state index is 13.0. The molecule has 0 bridgehead atoms. The summed E-state index contributed by atoms with van der Waals surface area (Å²) >= 11 is 1.70. The Bertz CT molecular complexity index is 574. The monoisotopic (exact) mass is 362 g/mol. The topological polar surface area (TPSA) is 49.4 Å². The van der Waals surface area contributed by atoms with Crippen molar-refractivity contribution in [3.05, 3.63) is 35.4 Å². The van der Waals surface area contributed by atoms with Crippen LogP contribution >= 0.6 is 11.8 Å². The van der Waals surface area contributed by atoms with Gasteiger partial charge in [-0.2, -0.15) is 0 Å². The minimum Gasteiger partial charge on any atom is -0.354 e. The van der Waals surface area contributed by atoms with Crippen molar-refractivity contribution in [3.63, 3.8) is 0 Å². The zero-order chi connectivity index (χ0) is 18.2. The summed E-state index contributed by atoms with van der Waals surface area (Å²) in [5, 5.41) is 3.10. The number of nitrogens with one attached hydrogen (secondary N) is 1. The molecule has 0 radical (unpaired) electrons. The molecule has 0 spiro atoms. The molecular weight excluding hydrogens is 332 g/mol. The minimum absolute atomic E-state index is 0.0135. The van der Waals surface area contributed by atoms with E-state index in [1.165, 1.54) is 12.8 Å². The first-order valence-corrected chi connectivity index (χ1v) is 10.4. The van der Waals surface area contributed by atoms with E-state index in [0.29, 0.717) is 17.9 Å². The minimum atomic E-state index is -0.366. The molecule has 5 heteroatoms. The first kappa shape index (κ1) is 19.8. The summed E-state index contributed by atoms with van der Waals surface area (Å²) in [6.45, 7) is 6.94. The number of nitrogens with zero attached hydrogens (tertiary/aromatic N) is 1. The number of carbonyl (C=O) groups excluding carboxylic acids is 2. The molecule has 1 N–H and O–H groups in total. The molecule has 2 unspecified atom stereocenters. The third kappa shape index (κ3) is 5.24. The van der Waals surface area contributed by atoms with Gasteiger partial charge in [0.05, 0.1) is 5.37 Å². The maximum absolute atomic E-state index is 13.0. The largest absolute Gasteiger partial charge is 0.354 e. The van der Waals surface area contributed by atoms with Gasteiger partial charge >= 0.3 is 0 Å². The van der Waals surface area contributed by atoms with E-state index in [1.54, 1.807) is 16.7 Å². The Hall–Kier alpha value is -1.49. The predicted octanol–water partition coefficient (Wildman–Crippen LogP) is 3.99. The van der Waals surface area contributed by atoms with Gasteiger partial charge in [0.1, 0.15) is 6.04 Å². The molecule has 2 atom stereocenters. The first-order valence-electron chi connectivity index (χ1n) is 9.37. The molecule has 0 aromatic heterocycles. The smallest absolute Gasteiger partial charge is 0.255 e. The zero-order valence-corrected chi connectivity index (χ0v) is 16.4. The summed E-state index contributed by atoms with van der Waals surface area (Å²) in [5.41, 5.74) is 1.79. The number of amides is 2. The van der Waals surface area contributed by atoms with Gasteiger partial charge in [-0.3, -0.25) is 9.59 Å². The molecule has 1 aromatic carbocycles. The molecule has 1 aliphatic rings. The number of unbranched alkanes of at least 4 members (excludes halogenated alkanes) is 3. The number of hydrogen-bond acceptors (Lipinski definition) is 3. The van der Waals surface area contributed by atoms with Crippen LogP contribution in [0.3, 0.4) is 0 Å². The molecule has 1 heterocycles. The van der Waals surface area contributed by atoms with Crippen molar-refractivity contribution in [1.82, 2.24) is 10.2 Å². The average Bonchev–Trinajstić information content (AvgIpc) is 3.05. The molecule has 25 heavy (non-hydrogen) atoms. The second-order valence-corrected chi connectivity index (χ2v) is 7.85. The molecule has 1 saturated heterocycles. The highest BCUT2D eigenvalue weighted by Gasteiger charge is 2.40. The Morgan fingerprint density at radius 2 is 1.88 bits per heavy atom. The molecule has 2 amide bonds. The van der Waals surface area contributed by atoms with E-state index in [4.69, 9.17) is 0 Å². The van der Waals surface area contributed by atoms with Crippen molar-refractivity contribution >= 4 is 23.6 Å². The molecule has 4 nitrogen and oxygen atoms in total. The lowest BCUT2D eigenvalue weighted by Gasteiger charge is -2.28. The van der Waals surface area contributed by atoms with E-state index in [2.05, 4.69) is 19.2 Å². The zero-order valence-electron chi connectivity index (χ0n) is 15.6. The summed E-state index contributed by atoms with van der Waals surface area (Å²) < 4.78 is 0. The van der Waals surface area contributed by atoms with Gasteiger partial charge < -0.3 is 10.2 Å². The van der Waals surface area contributed by atoms with Gasteiger partial charge in [0, 0.05) is 17.9 Å². The highest BCUT2D eigenvalue weighted by molar-refractivity contribution is 8.00. The van der Waals surface area contributed by atoms with Gasteiger partial charge in [0.2, 0.25) is 5.91 Å². The van der Waals surface area contributed by atoms with Crippen molar-refractivity contribution in [2.75, 3.05) is 12.3 Å². The number of benzene rings is 1. The van der Waals surface area contributed by atoms with Gasteiger partial charge in [0.15, 0.2) is 0 Å². The Kier molecular flexibility index (Phi) is 7.82. The number of aryl methyl sites for hydroxylation is 1. The lowest BCUT2D eigenvalue weighted by atomic mass is 10.1. The van der Waals surface area contributed by atoms with Crippen LogP contribution in [-0.2, 0) is 4.79 Å². The lowest BCUT2D eigenvalue weighted by Crippen LogP contribution is -2.49. The van der Waals surface area contributed by atoms with Crippen molar-refractivity contribution in [2.24, 2.45) is 0 Å². The van der Waals surface area contributed by atoms with Crippen LogP contribution in [0, 0.1) is 6.92 Å². The van der Waals surface area contributed by atoms with Crippen LogP contribution in [0.15, 0.2) is 24.3 Å². The molecule has 1 aromatic rings. The molecule has 2 rings (SSSR count). The summed E-state index contributed by atoms with van der Waals surface area (Å²) in [4.78, 5) is 27.4. The van der Waals surface area contributed by atoms with E-state index in [0.717, 1.165) is 24.8 Å². The molecule has 138 valence electrons. The van der Waals surface area contributed by atoms with E-state index in [1.807, 2.05) is 31.2 Å². The summed E-state index contributed by atoms with van der Waals surface area (Å²) in [6, 6.07) is 7.23. The molecule has 0 aliphatic carbocycles. The van der Waals surface area contributed by atoms with Crippen LogP contribution in [-0.4, -0.2) is 40.4 Å². The van der Waals surface area contributed by atoms with Crippen LogP contribution in [0.2, 0.25) is 0 Å². The number of carbonyl (C=O) groups is 2. The van der Waals surface area contributed by atoms with Crippen molar-refractivity contribution in [1.29, 1.82) is 0 Å². The van der Waals surface area contributed by atoms with E-state index >= 15 is 0 Å². The summed E-state index contributed by atoms with van der Waals surface area (Å²) in [7, 11) is 0. The van der Waals surface area contributed by atoms with Gasteiger partial charge in [-0.25, -0.2) is 0 Å². The van der Waals surface area contributed by atoms with Gasteiger partial charge in [-0.15, -0.1) is 11.8 Å². The molecular formula is C20H30N2O2S. The van der Waals surface area contributed by atoms with Gasteiger partial charge in [-0.1, -0.05) is 50.8 Å². The number of hydrogen-bond donors (Lipinski definition) is 1. The summed E-state index contributed by atoms with van der Waals surface area (Å²) in [5.74, 6) is 0.625. The number of thioether (sulfide) groups is 1. The maximum Gasteiger partial charge on any atom is 0.255 e. The van der Waals surface area contributed by atoms with Gasteiger partial charge in [0.25, 0.3) is 5.91 Å². The fourth-order valence-corrected chi connectivity index (χ4v) is 4.43. The van der Waals surface area contributed by atoms with Crippen LogP contribution in [0.5, 0.6) is 0 Å². The quantitative estimate of drug-likeness (QED) is 0.712. The Balaban J connectivity index is 2.02. The first-order chi connectivity index (χ1) is 12.1. The third-order valence-corrected chi connectivity index (χ3v) is 6.06. The highest BCUT2D eigenvalue weighted by Crippen LogP contribution is 2.32. The number of rotatable bonds is 8. The highest BCUT2D eigenvalue weighted by atomic mass is 32.2. The standard InChI is InChI=1S/C20H30N2O2S/c1-4-6-7-8-13-21-19(23)17-14-25-18(5-2)22(17)20(24)16-11-9-15(3)10-12-16/h9-12,17-18H,4-8,13-14H2,1-3H3,(H,21,23). The molecule has 1 fully saturated rings. The predicted molar refractivity (Wildman–Crippen MR) is 105 cm³/mol.